The van der Waals surface area contributed by atoms with Crippen LogP contribution in [0.1, 0.15) is 33.3 Å². The zero-order chi connectivity index (χ0) is 24.1. The van der Waals surface area contributed by atoms with Crippen LogP contribution in [0.3, 0.4) is 0 Å². The number of ether oxygens (including phenoxy) is 1. The van der Waals surface area contributed by atoms with Crippen LogP contribution < -0.4 is 16.0 Å². The van der Waals surface area contributed by atoms with Gasteiger partial charge in [-0.1, -0.05) is 18.2 Å². The number of carbonyl (C=O) groups is 2. The van der Waals surface area contributed by atoms with E-state index in [-0.39, 0.29) is 28.6 Å². The van der Waals surface area contributed by atoms with E-state index in [9.17, 15) is 22.4 Å². The molecule has 174 valence electrons. The molecule has 8 nitrogen and oxygen atoms in total. The van der Waals surface area contributed by atoms with E-state index in [4.69, 9.17) is 4.74 Å². The van der Waals surface area contributed by atoms with E-state index in [2.05, 4.69) is 16.0 Å². The first kappa shape index (κ1) is 25.1. The fraction of sp³-hybridized carbons (Fsp3) is 0.364. The molecule has 2 rings (SSSR count). The fourth-order valence-electron chi connectivity index (χ4n) is 2.71. The summed E-state index contributed by atoms with van der Waals surface area (Å²) in [5.74, 6) is -0.948. The zero-order valence-corrected chi connectivity index (χ0v) is 19.5. The molecule has 0 spiro atoms. The van der Waals surface area contributed by atoms with E-state index in [1.54, 1.807) is 39.0 Å². The highest BCUT2D eigenvalue weighted by Crippen LogP contribution is 2.30. The number of alkyl carbamates (subject to hydrolysis) is 1. The number of hydrogen-bond donors (Lipinski definition) is 3. The first-order chi connectivity index (χ1) is 14.8. The second-order valence-electron chi connectivity index (χ2n) is 8.29. The number of rotatable bonds is 7. The van der Waals surface area contributed by atoms with Crippen molar-refractivity contribution in [2.75, 3.05) is 16.9 Å². The van der Waals surface area contributed by atoms with Gasteiger partial charge in [-0.05, 0) is 57.5 Å². The summed E-state index contributed by atoms with van der Waals surface area (Å²) in [6.45, 7) is 6.78. The van der Waals surface area contributed by atoms with Crippen LogP contribution in [-0.4, -0.2) is 38.3 Å². The number of hydrogen-bond acceptors (Lipinski definition) is 6. The average molecular weight is 466 g/mol. The van der Waals surface area contributed by atoms with Crippen LogP contribution in [-0.2, 0) is 25.9 Å². The van der Waals surface area contributed by atoms with Gasteiger partial charge in [-0.2, -0.15) is 0 Å². The Bertz CT molecular complexity index is 1080. The van der Waals surface area contributed by atoms with E-state index < -0.39 is 33.5 Å². The minimum Gasteiger partial charge on any atom is -0.444 e. The summed E-state index contributed by atoms with van der Waals surface area (Å²) in [5.41, 5.74) is 0.406. The Hall–Kier alpha value is -3.14. The minimum atomic E-state index is -3.63. The molecule has 0 heterocycles. The highest BCUT2D eigenvalue weighted by atomic mass is 32.2. The molecule has 2 aromatic rings. The van der Waals surface area contributed by atoms with Gasteiger partial charge < -0.3 is 20.7 Å². The molecule has 0 bridgehead atoms. The Balaban J connectivity index is 2.23. The second kappa shape index (κ2) is 9.99. The van der Waals surface area contributed by atoms with Crippen molar-refractivity contribution in [2.45, 2.75) is 50.8 Å². The molecule has 0 radical (unpaired) electrons. The molecule has 2 amide bonds. The summed E-state index contributed by atoms with van der Waals surface area (Å²) in [6, 6.07) is 9.24. The van der Waals surface area contributed by atoms with Crippen LogP contribution in [0.15, 0.2) is 47.4 Å². The number of benzene rings is 2. The first-order valence-corrected chi connectivity index (χ1v) is 11.8. The first-order valence-electron chi connectivity index (χ1n) is 9.88. The average Bonchev–Trinajstić information content (AvgIpc) is 2.65. The molecular formula is C22H28FN3O5S. The van der Waals surface area contributed by atoms with Gasteiger partial charge in [-0.15, -0.1) is 0 Å². The van der Waals surface area contributed by atoms with Crippen molar-refractivity contribution in [3.05, 3.63) is 53.8 Å². The van der Waals surface area contributed by atoms with Gasteiger partial charge in [0.2, 0.25) is 5.91 Å². The molecule has 0 saturated carbocycles. The summed E-state index contributed by atoms with van der Waals surface area (Å²) < 4.78 is 42.9. The molecule has 0 aliphatic heterocycles. The predicted molar refractivity (Wildman–Crippen MR) is 121 cm³/mol. The van der Waals surface area contributed by atoms with Crippen molar-refractivity contribution >= 4 is 33.2 Å². The Morgan fingerprint density at radius 1 is 1.09 bits per heavy atom. The molecule has 1 atom stereocenters. The maximum Gasteiger partial charge on any atom is 0.408 e. The molecule has 0 aliphatic carbocycles. The highest BCUT2D eigenvalue weighted by Gasteiger charge is 2.23. The van der Waals surface area contributed by atoms with E-state index in [1.165, 1.54) is 31.2 Å². The molecule has 0 saturated heterocycles. The van der Waals surface area contributed by atoms with Gasteiger partial charge >= 0.3 is 6.09 Å². The van der Waals surface area contributed by atoms with Gasteiger partial charge in [0.05, 0.1) is 16.3 Å². The largest absolute Gasteiger partial charge is 0.444 e. The van der Waals surface area contributed by atoms with Crippen molar-refractivity contribution in [3.8, 4) is 0 Å². The molecule has 0 aromatic heterocycles. The Kier molecular flexibility index (Phi) is 7.84. The molecule has 32 heavy (non-hydrogen) atoms. The lowest BCUT2D eigenvalue weighted by Crippen LogP contribution is -2.44. The SMILES string of the molecule is C[C@H](NC(=O)OC(C)(C)C)C(=O)Nc1cccc(S(C)(=O)=O)c1NCc1ccc(F)cc1. The van der Waals surface area contributed by atoms with Crippen LogP contribution in [0.5, 0.6) is 0 Å². The lowest BCUT2D eigenvalue weighted by Gasteiger charge is -2.22. The Morgan fingerprint density at radius 2 is 1.72 bits per heavy atom. The summed E-state index contributed by atoms with van der Waals surface area (Å²) >= 11 is 0. The topological polar surface area (TPSA) is 114 Å². The summed E-state index contributed by atoms with van der Waals surface area (Å²) in [4.78, 5) is 24.6. The standard InChI is InChI=1S/C22H28FN3O5S/c1-14(25-21(28)31-22(2,3)4)20(27)26-17-7-6-8-18(32(5,29)30)19(17)24-13-15-9-11-16(23)12-10-15/h6-12,14,24H,13H2,1-5H3,(H,25,28)(H,26,27)/t14-/m0/s1. The minimum absolute atomic E-state index is 0.00911. The van der Waals surface area contributed by atoms with Crippen molar-refractivity contribution in [3.63, 3.8) is 0 Å². The van der Waals surface area contributed by atoms with Crippen LogP contribution in [0.2, 0.25) is 0 Å². The van der Waals surface area contributed by atoms with Gasteiger partial charge in [-0.25, -0.2) is 17.6 Å². The molecule has 3 N–H and O–H groups in total. The number of carbonyl (C=O) groups excluding carboxylic acids is 2. The number of nitrogens with one attached hydrogen (secondary N) is 3. The summed E-state index contributed by atoms with van der Waals surface area (Å²) in [5, 5.41) is 8.09. The smallest absolute Gasteiger partial charge is 0.408 e. The van der Waals surface area contributed by atoms with E-state index in [0.717, 1.165) is 6.26 Å². The van der Waals surface area contributed by atoms with E-state index in [0.29, 0.717) is 5.56 Å². The van der Waals surface area contributed by atoms with Gasteiger partial charge in [-0.3, -0.25) is 4.79 Å². The second-order valence-corrected chi connectivity index (χ2v) is 10.3. The third-order valence-electron chi connectivity index (χ3n) is 4.19. The molecular weight excluding hydrogens is 437 g/mol. The van der Waals surface area contributed by atoms with Crippen molar-refractivity contribution in [1.82, 2.24) is 5.32 Å². The van der Waals surface area contributed by atoms with Gasteiger partial charge in [0.15, 0.2) is 9.84 Å². The monoisotopic (exact) mass is 465 g/mol. The number of para-hydroxylation sites is 1. The van der Waals surface area contributed by atoms with Crippen molar-refractivity contribution < 1.29 is 27.1 Å². The zero-order valence-electron chi connectivity index (χ0n) is 18.7. The highest BCUT2D eigenvalue weighted by molar-refractivity contribution is 7.90. The number of halogens is 1. The van der Waals surface area contributed by atoms with E-state index >= 15 is 0 Å². The normalized spacial score (nSPS) is 12.6. The van der Waals surface area contributed by atoms with Gasteiger partial charge in [0.1, 0.15) is 17.5 Å². The van der Waals surface area contributed by atoms with Crippen LogP contribution in [0, 0.1) is 5.82 Å². The Morgan fingerprint density at radius 3 is 2.28 bits per heavy atom. The predicted octanol–water partition coefficient (Wildman–Crippen LogP) is 3.69. The number of anilines is 2. The molecule has 0 aliphatic rings. The summed E-state index contributed by atoms with van der Waals surface area (Å²) in [7, 11) is -3.63. The lowest BCUT2D eigenvalue weighted by molar-refractivity contribution is -0.117. The maximum atomic E-state index is 13.1. The molecule has 2 aromatic carbocycles. The van der Waals surface area contributed by atoms with Crippen LogP contribution in [0.25, 0.3) is 0 Å². The number of amides is 2. The molecule has 10 heteroatoms. The third kappa shape index (κ3) is 7.52. The fourth-order valence-corrected chi connectivity index (χ4v) is 3.59. The summed E-state index contributed by atoms with van der Waals surface area (Å²) in [6.07, 6.45) is 0.309. The van der Waals surface area contributed by atoms with Crippen molar-refractivity contribution in [1.29, 1.82) is 0 Å². The van der Waals surface area contributed by atoms with Crippen molar-refractivity contribution in [2.24, 2.45) is 0 Å². The van der Waals surface area contributed by atoms with Crippen LogP contribution in [0.4, 0.5) is 20.6 Å². The third-order valence-corrected chi connectivity index (χ3v) is 5.33. The maximum absolute atomic E-state index is 13.1. The van der Waals surface area contributed by atoms with Crippen LogP contribution >= 0.6 is 0 Å². The van der Waals surface area contributed by atoms with Gasteiger partial charge in [0.25, 0.3) is 0 Å². The van der Waals surface area contributed by atoms with E-state index in [1.807, 2.05) is 0 Å². The quantitative estimate of drug-likeness (QED) is 0.575. The van der Waals surface area contributed by atoms with Gasteiger partial charge in [0, 0.05) is 12.8 Å². The molecule has 0 unspecified atom stereocenters. The molecule has 0 fully saturated rings. The Labute approximate surface area is 187 Å². The lowest BCUT2D eigenvalue weighted by atomic mass is 10.2. The number of sulfone groups is 1.